The highest BCUT2D eigenvalue weighted by Gasteiger charge is 2.53. The highest BCUT2D eigenvalue weighted by atomic mass is 16.5. The minimum atomic E-state index is -0.0391. The lowest BCUT2D eigenvalue weighted by Gasteiger charge is -2.59. The Kier molecular flexibility index (Phi) is 4.17. The van der Waals surface area contributed by atoms with Crippen molar-refractivity contribution in [3.63, 3.8) is 0 Å². The van der Waals surface area contributed by atoms with E-state index in [4.69, 9.17) is 9.47 Å². The van der Waals surface area contributed by atoms with Crippen LogP contribution in [0.1, 0.15) is 55.8 Å². The lowest BCUT2D eigenvalue weighted by Crippen LogP contribution is -2.55. The fourth-order valence-electron chi connectivity index (χ4n) is 6.12. The number of benzene rings is 1. The molecule has 4 fully saturated rings. The smallest absolute Gasteiger partial charge is 0.255 e. The van der Waals surface area contributed by atoms with Crippen LogP contribution in [0.15, 0.2) is 18.2 Å². The van der Waals surface area contributed by atoms with E-state index in [-0.39, 0.29) is 11.9 Å². The fraction of sp³-hybridized carbons (Fsp3) is 0.667. The summed E-state index contributed by atoms with van der Waals surface area (Å²) in [6.45, 7) is 2.21. The van der Waals surface area contributed by atoms with Crippen LogP contribution in [-0.2, 0) is 0 Å². The second-order valence-electron chi connectivity index (χ2n) is 8.54. The van der Waals surface area contributed by atoms with Gasteiger partial charge in [-0.1, -0.05) is 0 Å². The maximum absolute atomic E-state index is 12.9. The predicted octanol–water partition coefficient (Wildman–Crippen LogP) is 4.04. The molecule has 4 saturated carbocycles. The van der Waals surface area contributed by atoms with Gasteiger partial charge >= 0.3 is 0 Å². The van der Waals surface area contributed by atoms with E-state index in [1.807, 2.05) is 6.07 Å². The molecule has 4 nitrogen and oxygen atoms in total. The average Bonchev–Trinajstić information content (AvgIpc) is 2.59. The van der Waals surface area contributed by atoms with Gasteiger partial charge in [-0.05, 0) is 80.8 Å². The summed E-state index contributed by atoms with van der Waals surface area (Å²) in [5.74, 6) is 3.89. The summed E-state index contributed by atoms with van der Waals surface area (Å²) >= 11 is 0. The number of carbonyl (C=O) groups excluding carboxylic acids is 1. The molecule has 0 aliphatic heterocycles. The lowest BCUT2D eigenvalue weighted by molar-refractivity contribution is -0.0688. The molecular weight excluding hydrogens is 314 g/mol. The largest absolute Gasteiger partial charge is 0.497 e. The number of rotatable bonds is 5. The van der Waals surface area contributed by atoms with Gasteiger partial charge in [-0.3, -0.25) is 4.79 Å². The van der Waals surface area contributed by atoms with Crippen LogP contribution in [0, 0.1) is 23.2 Å². The van der Waals surface area contributed by atoms with Gasteiger partial charge in [-0.15, -0.1) is 0 Å². The van der Waals surface area contributed by atoms with E-state index in [2.05, 4.69) is 12.2 Å². The van der Waals surface area contributed by atoms with Crippen LogP contribution in [0.3, 0.4) is 0 Å². The predicted molar refractivity (Wildman–Crippen MR) is 97.1 cm³/mol. The first-order valence-electron chi connectivity index (χ1n) is 9.56. The van der Waals surface area contributed by atoms with Crippen LogP contribution in [0.4, 0.5) is 0 Å². The molecule has 1 N–H and O–H groups in total. The molecule has 25 heavy (non-hydrogen) atoms. The average molecular weight is 343 g/mol. The van der Waals surface area contributed by atoms with Crippen molar-refractivity contribution in [3.05, 3.63) is 23.8 Å². The van der Waals surface area contributed by atoms with Crippen molar-refractivity contribution in [1.82, 2.24) is 5.32 Å². The van der Waals surface area contributed by atoms with Gasteiger partial charge in [0.05, 0.1) is 19.8 Å². The van der Waals surface area contributed by atoms with Gasteiger partial charge < -0.3 is 14.8 Å². The summed E-state index contributed by atoms with van der Waals surface area (Å²) in [4.78, 5) is 12.9. The summed E-state index contributed by atoms with van der Waals surface area (Å²) in [6.07, 6.45) is 8.14. The van der Waals surface area contributed by atoms with Crippen molar-refractivity contribution in [3.8, 4) is 11.5 Å². The second-order valence-corrected chi connectivity index (χ2v) is 8.54. The molecule has 0 saturated heterocycles. The highest BCUT2D eigenvalue weighted by Crippen LogP contribution is 2.61. The first kappa shape index (κ1) is 16.7. The molecule has 136 valence electrons. The molecule has 0 radical (unpaired) electrons. The van der Waals surface area contributed by atoms with Crippen LogP contribution >= 0.6 is 0 Å². The number of nitrogens with one attached hydrogen (secondary N) is 1. The monoisotopic (exact) mass is 343 g/mol. The van der Waals surface area contributed by atoms with E-state index in [0.29, 0.717) is 22.5 Å². The summed E-state index contributed by atoms with van der Waals surface area (Å²) in [5, 5.41) is 3.31. The van der Waals surface area contributed by atoms with Gasteiger partial charge in [-0.25, -0.2) is 0 Å². The quantitative estimate of drug-likeness (QED) is 0.878. The molecule has 1 aromatic carbocycles. The third-order valence-electron chi connectivity index (χ3n) is 7.01. The first-order valence-corrected chi connectivity index (χ1v) is 9.56. The molecule has 0 spiro atoms. The minimum absolute atomic E-state index is 0.0391. The molecule has 1 atom stereocenters. The Morgan fingerprint density at radius 2 is 1.68 bits per heavy atom. The lowest BCUT2D eigenvalue weighted by atomic mass is 9.48. The third-order valence-corrected chi connectivity index (χ3v) is 7.01. The summed E-state index contributed by atoms with van der Waals surface area (Å²) in [5.41, 5.74) is 0.893. The number of carbonyl (C=O) groups is 1. The zero-order chi connectivity index (χ0) is 17.6. The third kappa shape index (κ3) is 2.90. The molecule has 4 bridgehead atoms. The Morgan fingerprint density at radius 1 is 1.08 bits per heavy atom. The number of amides is 1. The molecule has 1 amide bonds. The zero-order valence-electron chi connectivity index (χ0n) is 15.5. The van der Waals surface area contributed by atoms with Crippen LogP contribution in [0.25, 0.3) is 0 Å². The summed E-state index contributed by atoms with van der Waals surface area (Å²) in [7, 11) is 3.21. The van der Waals surface area contributed by atoms with E-state index >= 15 is 0 Å². The van der Waals surface area contributed by atoms with Crippen molar-refractivity contribution < 1.29 is 14.3 Å². The Labute approximate surface area is 150 Å². The van der Waals surface area contributed by atoms with Gasteiger partial charge in [0.25, 0.3) is 5.91 Å². The number of ether oxygens (including phenoxy) is 2. The van der Waals surface area contributed by atoms with Crippen LogP contribution in [-0.4, -0.2) is 26.2 Å². The summed E-state index contributed by atoms with van der Waals surface area (Å²) < 4.78 is 10.6. The van der Waals surface area contributed by atoms with E-state index in [9.17, 15) is 4.79 Å². The highest BCUT2D eigenvalue weighted by molar-refractivity contribution is 5.97. The van der Waals surface area contributed by atoms with E-state index in [0.717, 1.165) is 17.8 Å². The molecule has 4 aliphatic rings. The summed E-state index contributed by atoms with van der Waals surface area (Å²) in [6, 6.07) is 5.58. The van der Waals surface area contributed by atoms with Crippen molar-refractivity contribution in [2.75, 3.05) is 14.2 Å². The molecular formula is C21H29NO3. The van der Waals surface area contributed by atoms with Gasteiger partial charge in [0, 0.05) is 12.1 Å². The SMILES string of the molecule is COc1ccc(C(=O)N[C@@H](C)C23CC4CC(CC(C4)C2)C3)c(OC)c1. The maximum atomic E-state index is 12.9. The Bertz CT molecular complexity index is 634. The van der Waals surface area contributed by atoms with Gasteiger partial charge in [-0.2, -0.15) is 0 Å². The first-order chi connectivity index (χ1) is 12.0. The van der Waals surface area contributed by atoms with Gasteiger partial charge in [0.2, 0.25) is 0 Å². The Hall–Kier alpha value is -1.71. The van der Waals surface area contributed by atoms with Gasteiger partial charge in [0.1, 0.15) is 11.5 Å². The molecule has 4 aliphatic carbocycles. The van der Waals surface area contributed by atoms with Crippen molar-refractivity contribution in [2.24, 2.45) is 23.2 Å². The second kappa shape index (κ2) is 6.22. The van der Waals surface area contributed by atoms with Crippen LogP contribution in [0.2, 0.25) is 0 Å². The zero-order valence-corrected chi connectivity index (χ0v) is 15.5. The molecule has 0 heterocycles. The fourth-order valence-corrected chi connectivity index (χ4v) is 6.12. The minimum Gasteiger partial charge on any atom is -0.497 e. The van der Waals surface area contributed by atoms with E-state index in [1.54, 1.807) is 26.4 Å². The molecule has 5 rings (SSSR count). The van der Waals surface area contributed by atoms with E-state index < -0.39 is 0 Å². The number of hydrogen-bond acceptors (Lipinski definition) is 3. The van der Waals surface area contributed by atoms with Crippen molar-refractivity contribution >= 4 is 5.91 Å². The number of hydrogen-bond donors (Lipinski definition) is 1. The molecule has 0 unspecified atom stereocenters. The van der Waals surface area contributed by atoms with Gasteiger partial charge in [0.15, 0.2) is 0 Å². The Balaban J connectivity index is 1.51. The molecule has 0 aromatic heterocycles. The van der Waals surface area contributed by atoms with E-state index in [1.165, 1.54) is 38.5 Å². The van der Waals surface area contributed by atoms with Crippen LogP contribution in [0.5, 0.6) is 11.5 Å². The topological polar surface area (TPSA) is 47.6 Å². The molecule has 4 heteroatoms. The van der Waals surface area contributed by atoms with Crippen molar-refractivity contribution in [2.45, 2.75) is 51.5 Å². The van der Waals surface area contributed by atoms with Crippen LogP contribution < -0.4 is 14.8 Å². The Morgan fingerprint density at radius 3 is 2.20 bits per heavy atom. The normalized spacial score (nSPS) is 33.8. The standard InChI is InChI=1S/C21H29NO3/c1-13(21-10-14-6-15(11-21)8-16(7-14)12-21)22-20(23)18-5-4-17(24-2)9-19(18)25-3/h4-5,9,13-16H,6-8,10-12H2,1-3H3,(H,22,23)/t13-,14?,15?,16?,21?/m0/s1. The number of methoxy groups -OCH3 is 2. The van der Waals surface area contributed by atoms with Crippen molar-refractivity contribution in [1.29, 1.82) is 0 Å². The maximum Gasteiger partial charge on any atom is 0.255 e. The molecule has 1 aromatic rings.